The zero-order valence-corrected chi connectivity index (χ0v) is 15.3. The van der Waals surface area contributed by atoms with Crippen LogP contribution in [-0.2, 0) is 4.79 Å². The van der Waals surface area contributed by atoms with Crippen LogP contribution in [0.2, 0.25) is 0 Å². The average Bonchev–Trinajstić information content (AvgIpc) is 2.55. The summed E-state index contributed by atoms with van der Waals surface area (Å²) in [6, 6.07) is 6.75. The lowest BCUT2D eigenvalue weighted by Gasteiger charge is -2.38. The van der Waals surface area contributed by atoms with Crippen LogP contribution in [0.5, 0.6) is 0 Å². The Morgan fingerprint density at radius 2 is 1.67 bits per heavy atom. The van der Waals surface area contributed by atoms with Gasteiger partial charge < -0.3 is 15.5 Å². The van der Waals surface area contributed by atoms with E-state index in [1.165, 1.54) is 12.1 Å². The molecule has 7 heteroatoms. The minimum Gasteiger partial charge on any atom is -0.368 e. The first kappa shape index (κ1) is 21.0. The van der Waals surface area contributed by atoms with Crippen LogP contribution in [0.3, 0.4) is 0 Å². The topological polar surface area (TPSA) is 49.6 Å². The van der Waals surface area contributed by atoms with Crippen LogP contribution in [0.15, 0.2) is 24.3 Å². The van der Waals surface area contributed by atoms with Crippen molar-refractivity contribution in [3.05, 3.63) is 30.1 Å². The monoisotopic (exact) mass is 377 g/mol. The summed E-state index contributed by atoms with van der Waals surface area (Å²) < 4.78 is 13.0. The summed E-state index contributed by atoms with van der Waals surface area (Å²) in [6.45, 7) is 3.08. The van der Waals surface area contributed by atoms with Gasteiger partial charge in [-0.05, 0) is 43.5 Å². The lowest BCUT2D eigenvalue weighted by molar-refractivity contribution is -0.137. The second-order valence-electron chi connectivity index (χ2n) is 6.41. The molecule has 1 aliphatic heterocycles. The van der Waals surface area contributed by atoms with Gasteiger partial charge in [0, 0.05) is 43.8 Å². The standard InChI is InChI=1S/C17H24FN3O.2ClH/c18-14-4-6-16(7-5-14)20-8-10-21(11-9-20)17(22)13-2-1-3-15(19)12-13;;/h4-7,13,15H,1-3,8-12,19H2;2*1H. The van der Waals surface area contributed by atoms with Crippen molar-refractivity contribution in [3.63, 3.8) is 0 Å². The number of piperazine rings is 1. The molecule has 136 valence electrons. The maximum Gasteiger partial charge on any atom is 0.225 e. The normalized spacial score (nSPS) is 23.9. The summed E-state index contributed by atoms with van der Waals surface area (Å²) in [4.78, 5) is 16.8. The molecular formula is C17H26Cl2FN3O. The fourth-order valence-corrected chi connectivity index (χ4v) is 3.55. The Bertz CT molecular complexity index is 521. The smallest absolute Gasteiger partial charge is 0.225 e. The van der Waals surface area contributed by atoms with Gasteiger partial charge in [0.2, 0.25) is 5.91 Å². The molecule has 1 aliphatic carbocycles. The Balaban J connectivity index is 0.00000144. The fourth-order valence-electron chi connectivity index (χ4n) is 3.55. The Labute approximate surface area is 155 Å². The predicted octanol–water partition coefficient (Wildman–Crippen LogP) is 2.84. The molecule has 1 aromatic carbocycles. The highest BCUT2D eigenvalue weighted by molar-refractivity contribution is 5.85. The quantitative estimate of drug-likeness (QED) is 0.861. The summed E-state index contributed by atoms with van der Waals surface area (Å²) >= 11 is 0. The average molecular weight is 378 g/mol. The molecule has 2 unspecified atom stereocenters. The lowest BCUT2D eigenvalue weighted by Crippen LogP contribution is -2.51. The van der Waals surface area contributed by atoms with Gasteiger partial charge in [0.1, 0.15) is 5.82 Å². The highest BCUT2D eigenvalue weighted by atomic mass is 35.5. The van der Waals surface area contributed by atoms with E-state index in [-0.39, 0.29) is 48.5 Å². The molecule has 24 heavy (non-hydrogen) atoms. The number of nitrogens with two attached hydrogens (primary N) is 1. The Hall–Kier alpha value is -1.04. The Kier molecular flexibility index (Phi) is 8.27. The van der Waals surface area contributed by atoms with E-state index in [1.54, 1.807) is 12.1 Å². The first-order valence-corrected chi connectivity index (χ1v) is 8.18. The highest BCUT2D eigenvalue weighted by Crippen LogP contribution is 2.26. The second kappa shape index (κ2) is 9.44. The van der Waals surface area contributed by atoms with E-state index in [1.807, 2.05) is 4.90 Å². The molecule has 1 aromatic rings. The molecule has 0 radical (unpaired) electrons. The molecule has 1 heterocycles. The number of rotatable bonds is 2. The van der Waals surface area contributed by atoms with E-state index in [0.29, 0.717) is 0 Å². The number of hydrogen-bond donors (Lipinski definition) is 1. The van der Waals surface area contributed by atoms with Gasteiger partial charge in [-0.25, -0.2) is 4.39 Å². The van der Waals surface area contributed by atoms with E-state index in [9.17, 15) is 9.18 Å². The van der Waals surface area contributed by atoms with E-state index in [0.717, 1.165) is 57.5 Å². The SMILES string of the molecule is Cl.Cl.NC1CCCC(C(=O)N2CCN(c3ccc(F)cc3)CC2)C1. The van der Waals surface area contributed by atoms with Gasteiger partial charge in [0.25, 0.3) is 0 Å². The molecule has 2 aliphatic rings. The summed E-state index contributed by atoms with van der Waals surface area (Å²) in [5, 5.41) is 0. The van der Waals surface area contributed by atoms with Gasteiger partial charge in [-0.2, -0.15) is 0 Å². The van der Waals surface area contributed by atoms with E-state index in [4.69, 9.17) is 5.73 Å². The number of hydrogen-bond acceptors (Lipinski definition) is 3. The predicted molar refractivity (Wildman–Crippen MR) is 99.6 cm³/mol. The van der Waals surface area contributed by atoms with Crippen LogP contribution in [0, 0.1) is 11.7 Å². The van der Waals surface area contributed by atoms with Crippen molar-refractivity contribution >= 4 is 36.4 Å². The van der Waals surface area contributed by atoms with Gasteiger partial charge in [-0.3, -0.25) is 4.79 Å². The van der Waals surface area contributed by atoms with Gasteiger partial charge in [0.15, 0.2) is 0 Å². The molecule has 2 fully saturated rings. The van der Waals surface area contributed by atoms with Crippen LogP contribution in [0.25, 0.3) is 0 Å². The first-order chi connectivity index (χ1) is 10.6. The zero-order chi connectivity index (χ0) is 15.5. The van der Waals surface area contributed by atoms with Crippen molar-refractivity contribution in [2.75, 3.05) is 31.1 Å². The first-order valence-electron chi connectivity index (χ1n) is 8.18. The molecule has 2 atom stereocenters. The molecule has 1 amide bonds. The number of nitrogens with zero attached hydrogens (tertiary/aromatic N) is 2. The Morgan fingerprint density at radius 1 is 1.04 bits per heavy atom. The van der Waals surface area contributed by atoms with Crippen LogP contribution >= 0.6 is 24.8 Å². The third-order valence-electron chi connectivity index (χ3n) is 4.85. The molecule has 4 nitrogen and oxygen atoms in total. The highest BCUT2D eigenvalue weighted by Gasteiger charge is 2.30. The maximum atomic E-state index is 13.0. The van der Waals surface area contributed by atoms with Gasteiger partial charge in [-0.1, -0.05) is 6.42 Å². The van der Waals surface area contributed by atoms with Crippen LogP contribution < -0.4 is 10.6 Å². The molecule has 3 rings (SSSR count). The molecule has 0 bridgehead atoms. The van der Waals surface area contributed by atoms with Crippen LogP contribution in [-0.4, -0.2) is 43.0 Å². The molecule has 1 saturated heterocycles. The van der Waals surface area contributed by atoms with Crippen molar-refractivity contribution < 1.29 is 9.18 Å². The lowest BCUT2D eigenvalue weighted by atomic mass is 9.85. The van der Waals surface area contributed by atoms with Gasteiger partial charge >= 0.3 is 0 Å². The van der Waals surface area contributed by atoms with E-state index < -0.39 is 0 Å². The molecule has 2 N–H and O–H groups in total. The van der Waals surface area contributed by atoms with Crippen molar-refractivity contribution in [2.45, 2.75) is 31.7 Å². The molecular weight excluding hydrogens is 352 g/mol. The number of carbonyl (C=O) groups excluding carboxylic acids is 1. The second-order valence-corrected chi connectivity index (χ2v) is 6.41. The minimum absolute atomic E-state index is 0. The fraction of sp³-hybridized carbons (Fsp3) is 0.588. The van der Waals surface area contributed by atoms with Crippen molar-refractivity contribution in [3.8, 4) is 0 Å². The number of halogens is 3. The van der Waals surface area contributed by atoms with Gasteiger partial charge in [-0.15, -0.1) is 24.8 Å². The number of amides is 1. The number of carbonyl (C=O) groups is 1. The third-order valence-corrected chi connectivity index (χ3v) is 4.85. The zero-order valence-electron chi connectivity index (χ0n) is 13.7. The molecule has 0 aromatic heterocycles. The maximum absolute atomic E-state index is 13.0. The van der Waals surface area contributed by atoms with Crippen LogP contribution in [0.4, 0.5) is 10.1 Å². The largest absolute Gasteiger partial charge is 0.368 e. The van der Waals surface area contributed by atoms with E-state index >= 15 is 0 Å². The third kappa shape index (κ3) is 4.98. The Morgan fingerprint density at radius 3 is 2.25 bits per heavy atom. The van der Waals surface area contributed by atoms with Crippen molar-refractivity contribution in [2.24, 2.45) is 11.7 Å². The van der Waals surface area contributed by atoms with Crippen molar-refractivity contribution in [1.29, 1.82) is 0 Å². The van der Waals surface area contributed by atoms with Crippen LogP contribution in [0.1, 0.15) is 25.7 Å². The summed E-state index contributed by atoms with van der Waals surface area (Å²) in [5.41, 5.74) is 7.01. The summed E-state index contributed by atoms with van der Waals surface area (Å²) in [5.74, 6) is 0.168. The molecule has 0 spiro atoms. The number of anilines is 1. The van der Waals surface area contributed by atoms with E-state index in [2.05, 4.69) is 4.90 Å². The number of benzene rings is 1. The van der Waals surface area contributed by atoms with Gasteiger partial charge in [0.05, 0.1) is 0 Å². The van der Waals surface area contributed by atoms with Crippen molar-refractivity contribution in [1.82, 2.24) is 4.90 Å². The molecule has 1 saturated carbocycles. The summed E-state index contributed by atoms with van der Waals surface area (Å²) in [7, 11) is 0. The minimum atomic E-state index is -0.216. The summed E-state index contributed by atoms with van der Waals surface area (Å²) in [6.07, 6.45) is 3.91.